The van der Waals surface area contributed by atoms with Gasteiger partial charge in [-0.2, -0.15) is 0 Å². The summed E-state index contributed by atoms with van der Waals surface area (Å²) < 4.78 is 11.1. The highest BCUT2D eigenvalue weighted by molar-refractivity contribution is 7.99. The number of rotatable bonds is 7. The van der Waals surface area contributed by atoms with E-state index in [4.69, 9.17) is 9.15 Å². The third-order valence-electron chi connectivity index (χ3n) is 4.27. The zero-order valence-electron chi connectivity index (χ0n) is 16.9. The molecule has 2 aromatic carbocycles. The van der Waals surface area contributed by atoms with E-state index in [1.54, 1.807) is 24.4 Å². The number of pyridine rings is 1. The Hall–Kier alpha value is -4.04. The number of carbonyl (C=O) groups is 2. The van der Waals surface area contributed by atoms with E-state index in [1.165, 1.54) is 17.8 Å². The van der Waals surface area contributed by atoms with E-state index in [9.17, 15) is 9.59 Å². The fraction of sp³-hybridized carbons (Fsp3) is 0.0417. The summed E-state index contributed by atoms with van der Waals surface area (Å²) in [6.45, 7) is 0.180. The van der Waals surface area contributed by atoms with Gasteiger partial charge in [-0.1, -0.05) is 48.2 Å². The Bertz CT molecular complexity index is 1200. The van der Waals surface area contributed by atoms with Gasteiger partial charge in [-0.15, -0.1) is 0 Å². The molecule has 0 saturated carbocycles. The van der Waals surface area contributed by atoms with E-state index in [-0.39, 0.29) is 12.4 Å². The second kappa shape index (κ2) is 10.3. The zero-order chi connectivity index (χ0) is 22.2. The highest BCUT2D eigenvalue weighted by Gasteiger charge is 2.16. The van der Waals surface area contributed by atoms with E-state index >= 15 is 0 Å². The van der Waals surface area contributed by atoms with Crippen molar-refractivity contribution in [3.05, 3.63) is 108 Å². The predicted octanol–water partition coefficient (Wildman–Crippen LogP) is 4.48. The summed E-state index contributed by atoms with van der Waals surface area (Å²) >= 11 is 1.36. The molecule has 2 N–H and O–H groups in total. The van der Waals surface area contributed by atoms with Crippen LogP contribution >= 0.6 is 11.8 Å². The number of aromatic nitrogens is 1. The van der Waals surface area contributed by atoms with Gasteiger partial charge in [0.1, 0.15) is 23.1 Å². The number of hydrogen-bond acceptors (Lipinski definition) is 6. The van der Waals surface area contributed by atoms with Crippen molar-refractivity contribution in [2.75, 3.05) is 0 Å². The molecule has 0 atom stereocenters. The number of hydrogen-bond donors (Lipinski definition) is 2. The van der Waals surface area contributed by atoms with Gasteiger partial charge in [0.15, 0.2) is 5.76 Å². The first kappa shape index (κ1) is 21.2. The molecule has 8 heteroatoms. The van der Waals surface area contributed by atoms with Crippen molar-refractivity contribution in [1.29, 1.82) is 0 Å². The molecule has 160 valence electrons. The van der Waals surface area contributed by atoms with Gasteiger partial charge in [0.25, 0.3) is 5.91 Å². The van der Waals surface area contributed by atoms with Gasteiger partial charge in [-0.05, 0) is 48.5 Å². The Morgan fingerprint density at radius 2 is 1.56 bits per heavy atom. The molecule has 0 unspecified atom stereocenters. The van der Waals surface area contributed by atoms with E-state index in [0.29, 0.717) is 22.1 Å². The Morgan fingerprint density at radius 1 is 0.844 bits per heavy atom. The van der Waals surface area contributed by atoms with E-state index < -0.39 is 11.8 Å². The molecular weight excluding hydrogens is 426 g/mol. The summed E-state index contributed by atoms with van der Waals surface area (Å²) in [5, 5.41) is 0.531. The molecule has 2 aromatic heterocycles. The number of para-hydroxylation sites is 1. The zero-order valence-corrected chi connectivity index (χ0v) is 17.7. The van der Waals surface area contributed by atoms with Gasteiger partial charge in [0, 0.05) is 11.1 Å². The fourth-order valence-corrected chi connectivity index (χ4v) is 3.64. The molecule has 0 fully saturated rings. The molecule has 7 nitrogen and oxygen atoms in total. The van der Waals surface area contributed by atoms with Crippen LogP contribution in [0.5, 0.6) is 5.75 Å². The van der Waals surface area contributed by atoms with Crippen molar-refractivity contribution in [3.63, 3.8) is 0 Å². The summed E-state index contributed by atoms with van der Waals surface area (Å²) in [5.41, 5.74) is 5.12. The number of nitrogens with one attached hydrogen (secondary N) is 2. The number of carbonyl (C=O) groups excluding carboxylic acids is 2. The minimum absolute atomic E-state index is 0.0574. The number of hydrazine groups is 1. The monoisotopic (exact) mass is 445 g/mol. The molecule has 0 aliphatic rings. The Kier molecular flexibility index (Phi) is 6.84. The maximum atomic E-state index is 12.6. The van der Waals surface area contributed by atoms with Crippen LogP contribution in [0.25, 0.3) is 0 Å². The minimum atomic E-state index is -0.578. The predicted molar refractivity (Wildman–Crippen MR) is 119 cm³/mol. The van der Waals surface area contributed by atoms with Crippen molar-refractivity contribution in [3.8, 4) is 5.75 Å². The van der Waals surface area contributed by atoms with Gasteiger partial charge in [-0.3, -0.25) is 20.4 Å². The molecule has 2 heterocycles. The van der Waals surface area contributed by atoms with Crippen LogP contribution in [0.15, 0.2) is 105 Å². The van der Waals surface area contributed by atoms with Crippen molar-refractivity contribution >= 4 is 23.6 Å². The molecule has 0 bridgehead atoms. The average molecular weight is 446 g/mol. The van der Waals surface area contributed by atoms with Crippen LogP contribution in [-0.2, 0) is 6.61 Å². The van der Waals surface area contributed by atoms with Gasteiger partial charge in [-0.25, -0.2) is 4.98 Å². The first-order chi connectivity index (χ1) is 15.7. The average Bonchev–Trinajstić information content (AvgIpc) is 3.32. The van der Waals surface area contributed by atoms with Crippen molar-refractivity contribution in [1.82, 2.24) is 15.8 Å². The SMILES string of the molecule is O=C(NNC(=O)c1cccnc1Sc1ccccc1)c1ccc(COc2ccccc2)o1. The van der Waals surface area contributed by atoms with Crippen LogP contribution < -0.4 is 15.6 Å². The second-order valence-electron chi connectivity index (χ2n) is 6.55. The summed E-state index contributed by atoms with van der Waals surface area (Å²) in [6, 6.07) is 25.4. The van der Waals surface area contributed by atoms with E-state index in [0.717, 1.165) is 4.90 Å². The minimum Gasteiger partial charge on any atom is -0.486 e. The molecule has 4 rings (SSSR count). The van der Waals surface area contributed by atoms with Crippen LogP contribution in [0.1, 0.15) is 26.7 Å². The molecule has 4 aromatic rings. The molecule has 0 aliphatic carbocycles. The number of ether oxygens (including phenoxy) is 1. The summed E-state index contributed by atoms with van der Waals surface area (Å²) in [4.78, 5) is 30.2. The summed E-state index contributed by atoms with van der Waals surface area (Å²) in [7, 11) is 0. The van der Waals surface area contributed by atoms with Gasteiger partial charge in [0.05, 0.1) is 5.56 Å². The van der Waals surface area contributed by atoms with Crippen molar-refractivity contribution in [2.45, 2.75) is 16.5 Å². The molecule has 0 aliphatic heterocycles. The Balaban J connectivity index is 1.33. The third kappa shape index (κ3) is 5.55. The highest BCUT2D eigenvalue weighted by Crippen LogP contribution is 2.28. The van der Waals surface area contributed by atoms with Gasteiger partial charge < -0.3 is 9.15 Å². The van der Waals surface area contributed by atoms with Crippen molar-refractivity contribution in [2.24, 2.45) is 0 Å². The normalized spacial score (nSPS) is 10.4. The van der Waals surface area contributed by atoms with Crippen LogP contribution in [0.2, 0.25) is 0 Å². The second-order valence-corrected chi connectivity index (χ2v) is 7.61. The Labute approximate surface area is 188 Å². The lowest BCUT2D eigenvalue weighted by Gasteiger charge is -2.09. The molecule has 0 radical (unpaired) electrons. The lowest BCUT2D eigenvalue weighted by molar-refractivity contribution is 0.0826. The van der Waals surface area contributed by atoms with Crippen LogP contribution in [0.4, 0.5) is 0 Å². The topological polar surface area (TPSA) is 93.5 Å². The molecule has 32 heavy (non-hydrogen) atoms. The number of amides is 2. The lowest BCUT2D eigenvalue weighted by atomic mass is 10.3. The number of furan rings is 1. The summed E-state index contributed by atoms with van der Waals surface area (Å²) in [5.74, 6) is 0.179. The summed E-state index contributed by atoms with van der Waals surface area (Å²) in [6.07, 6.45) is 1.61. The Morgan fingerprint density at radius 3 is 2.34 bits per heavy atom. The molecule has 0 spiro atoms. The maximum absolute atomic E-state index is 12.6. The van der Waals surface area contributed by atoms with Crippen molar-refractivity contribution < 1.29 is 18.7 Å². The first-order valence-corrected chi connectivity index (χ1v) is 10.6. The largest absolute Gasteiger partial charge is 0.486 e. The van der Waals surface area contributed by atoms with Crippen LogP contribution in [-0.4, -0.2) is 16.8 Å². The third-order valence-corrected chi connectivity index (χ3v) is 5.30. The first-order valence-electron chi connectivity index (χ1n) is 9.74. The maximum Gasteiger partial charge on any atom is 0.305 e. The molecule has 2 amide bonds. The number of benzene rings is 2. The van der Waals surface area contributed by atoms with E-state index in [1.807, 2.05) is 60.7 Å². The molecular formula is C24H19N3O4S. The fourth-order valence-electron chi connectivity index (χ4n) is 2.74. The lowest BCUT2D eigenvalue weighted by Crippen LogP contribution is -2.41. The van der Waals surface area contributed by atoms with Gasteiger partial charge in [0.2, 0.25) is 0 Å². The quantitative estimate of drug-likeness (QED) is 0.408. The molecule has 0 saturated heterocycles. The highest BCUT2D eigenvalue weighted by atomic mass is 32.2. The van der Waals surface area contributed by atoms with E-state index in [2.05, 4.69) is 15.8 Å². The van der Waals surface area contributed by atoms with Gasteiger partial charge >= 0.3 is 5.91 Å². The standard InChI is InChI=1S/C24H19N3O4S/c28-22(20-12-7-15-25-24(20)32-19-10-5-2-6-11-19)26-27-23(29)21-14-13-18(31-21)16-30-17-8-3-1-4-9-17/h1-15H,16H2,(H,26,28)(H,27,29). The van der Waals surface area contributed by atoms with Crippen LogP contribution in [0, 0.1) is 0 Å². The van der Waals surface area contributed by atoms with Crippen LogP contribution in [0.3, 0.4) is 0 Å². The number of nitrogens with zero attached hydrogens (tertiary/aromatic N) is 1. The smallest absolute Gasteiger partial charge is 0.305 e.